The molecule has 26 heavy (non-hydrogen) atoms. The number of piperidine rings is 1. The number of benzene rings is 2. The Labute approximate surface area is 154 Å². The number of amides is 1. The molecule has 1 saturated heterocycles. The Balaban J connectivity index is 1.40. The molecule has 1 fully saturated rings. The lowest BCUT2D eigenvalue weighted by Gasteiger charge is -2.28. The number of hydrogen-bond acceptors (Lipinski definition) is 4. The van der Waals surface area contributed by atoms with Crippen molar-refractivity contribution in [3.63, 3.8) is 0 Å². The van der Waals surface area contributed by atoms with Crippen molar-refractivity contribution in [3.8, 4) is 11.5 Å². The van der Waals surface area contributed by atoms with E-state index in [1.807, 2.05) is 54.6 Å². The van der Waals surface area contributed by atoms with Gasteiger partial charge in [-0.2, -0.15) is 0 Å². The van der Waals surface area contributed by atoms with Gasteiger partial charge in [-0.25, -0.2) is 0 Å². The molecule has 2 aromatic rings. The van der Waals surface area contributed by atoms with Crippen LogP contribution in [0.25, 0.3) is 0 Å². The summed E-state index contributed by atoms with van der Waals surface area (Å²) in [7, 11) is 0. The summed E-state index contributed by atoms with van der Waals surface area (Å²) < 4.78 is 11.3. The summed E-state index contributed by atoms with van der Waals surface area (Å²) in [6, 6.07) is 18.0. The molecule has 138 valence electrons. The monoisotopic (exact) mass is 354 g/mol. The molecule has 0 aliphatic carbocycles. The van der Waals surface area contributed by atoms with Crippen molar-refractivity contribution >= 4 is 5.91 Å². The van der Waals surface area contributed by atoms with Crippen LogP contribution in [0.2, 0.25) is 0 Å². The molecule has 0 aromatic heterocycles. The van der Waals surface area contributed by atoms with Crippen LogP contribution in [0.15, 0.2) is 54.6 Å². The third kappa shape index (κ3) is 5.77. The van der Waals surface area contributed by atoms with Crippen molar-refractivity contribution in [2.75, 3.05) is 13.2 Å². The van der Waals surface area contributed by atoms with E-state index in [0.717, 1.165) is 30.7 Å². The average Bonchev–Trinajstić information content (AvgIpc) is 2.66. The largest absolute Gasteiger partial charge is 0.489 e. The molecule has 2 aromatic carbocycles. The van der Waals surface area contributed by atoms with E-state index in [9.17, 15) is 4.79 Å². The fourth-order valence-electron chi connectivity index (χ4n) is 3.05. The first-order valence-corrected chi connectivity index (χ1v) is 9.11. The predicted octanol–water partition coefficient (Wildman–Crippen LogP) is 2.90. The molecular formula is C21H26N2O3. The van der Waals surface area contributed by atoms with Crippen LogP contribution >= 0.6 is 0 Å². The zero-order valence-corrected chi connectivity index (χ0v) is 15.1. The van der Waals surface area contributed by atoms with Crippen LogP contribution in [0.5, 0.6) is 11.5 Å². The van der Waals surface area contributed by atoms with Gasteiger partial charge in [0.25, 0.3) is 5.91 Å². The van der Waals surface area contributed by atoms with E-state index in [1.165, 1.54) is 0 Å². The van der Waals surface area contributed by atoms with E-state index in [4.69, 9.17) is 9.47 Å². The van der Waals surface area contributed by atoms with Gasteiger partial charge in [0.2, 0.25) is 0 Å². The van der Waals surface area contributed by atoms with Gasteiger partial charge in [0.1, 0.15) is 18.1 Å². The number of hydrogen-bond donors (Lipinski definition) is 2. The molecule has 0 bridgehead atoms. The molecule has 1 amide bonds. The van der Waals surface area contributed by atoms with Gasteiger partial charge in [-0.3, -0.25) is 4.79 Å². The van der Waals surface area contributed by atoms with Crippen molar-refractivity contribution in [1.82, 2.24) is 10.6 Å². The van der Waals surface area contributed by atoms with Gasteiger partial charge >= 0.3 is 0 Å². The smallest absolute Gasteiger partial charge is 0.258 e. The van der Waals surface area contributed by atoms with Crippen molar-refractivity contribution in [3.05, 3.63) is 60.2 Å². The summed E-state index contributed by atoms with van der Waals surface area (Å²) in [5, 5.41) is 6.42. The standard InChI is InChI=1S/C21H26N2O3/c1-16-13-18(11-12-22-16)23-21(24)15-26-20-9-7-19(8-10-20)25-14-17-5-3-2-4-6-17/h2-10,16,18,22H,11-15H2,1H3,(H,23,24). The third-order valence-electron chi connectivity index (χ3n) is 4.43. The summed E-state index contributed by atoms with van der Waals surface area (Å²) in [6.07, 6.45) is 1.92. The SMILES string of the molecule is CC1CC(NC(=O)COc2ccc(OCc3ccccc3)cc2)CCN1. The second-order valence-electron chi connectivity index (χ2n) is 6.68. The zero-order valence-electron chi connectivity index (χ0n) is 15.1. The van der Waals surface area contributed by atoms with E-state index in [-0.39, 0.29) is 18.6 Å². The molecule has 2 unspecified atom stereocenters. The normalized spacial score (nSPS) is 19.6. The van der Waals surface area contributed by atoms with Gasteiger partial charge in [0.05, 0.1) is 0 Å². The van der Waals surface area contributed by atoms with Crippen LogP contribution in [-0.2, 0) is 11.4 Å². The summed E-state index contributed by atoms with van der Waals surface area (Å²) in [5.74, 6) is 1.36. The van der Waals surface area contributed by atoms with Gasteiger partial charge in [-0.1, -0.05) is 30.3 Å². The molecule has 3 rings (SSSR count). The van der Waals surface area contributed by atoms with Crippen LogP contribution in [-0.4, -0.2) is 31.1 Å². The molecule has 0 saturated carbocycles. The Hall–Kier alpha value is -2.53. The first-order chi connectivity index (χ1) is 12.7. The Morgan fingerprint density at radius 3 is 2.46 bits per heavy atom. The molecule has 1 heterocycles. The highest BCUT2D eigenvalue weighted by molar-refractivity contribution is 5.77. The Bertz CT molecular complexity index is 688. The van der Waals surface area contributed by atoms with Crippen LogP contribution in [0.4, 0.5) is 0 Å². The second kappa shape index (κ2) is 9.25. The first kappa shape index (κ1) is 18.3. The van der Waals surface area contributed by atoms with Crippen LogP contribution < -0.4 is 20.1 Å². The second-order valence-corrected chi connectivity index (χ2v) is 6.68. The minimum Gasteiger partial charge on any atom is -0.489 e. The van der Waals surface area contributed by atoms with Gasteiger partial charge in [0.15, 0.2) is 6.61 Å². The Kier molecular flexibility index (Phi) is 6.50. The van der Waals surface area contributed by atoms with Gasteiger partial charge in [-0.05, 0) is 56.1 Å². The van der Waals surface area contributed by atoms with Crippen molar-refractivity contribution in [1.29, 1.82) is 0 Å². The summed E-state index contributed by atoms with van der Waals surface area (Å²) in [4.78, 5) is 12.0. The van der Waals surface area contributed by atoms with Crippen molar-refractivity contribution in [2.24, 2.45) is 0 Å². The number of carbonyl (C=O) groups is 1. The van der Waals surface area contributed by atoms with Crippen LogP contribution in [0.3, 0.4) is 0 Å². The number of ether oxygens (including phenoxy) is 2. The maximum absolute atomic E-state index is 12.0. The Morgan fingerprint density at radius 1 is 1.08 bits per heavy atom. The van der Waals surface area contributed by atoms with E-state index in [1.54, 1.807) is 0 Å². The van der Waals surface area contributed by atoms with Gasteiger partial charge < -0.3 is 20.1 Å². The molecule has 5 nitrogen and oxygen atoms in total. The first-order valence-electron chi connectivity index (χ1n) is 9.11. The molecule has 1 aliphatic rings. The average molecular weight is 354 g/mol. The predicted molar refractivity (Wildman–Crippen MR) is 101 cm³/mol. The summed E-state index contributed by atoms with van der Waals surface area (Å²) in [5.41, 5.74) is 1.12. The molecular weight excluding hydrogens is 328 g/mol. The fourth-order valence-corrected chi connectivity index (χ4v) is 3.05. The third-order valence-corrected chi connectivity index (χ3v) is 4.43. The number of rotatable bonds is 7. The fraction of sp³-hybridized carbons (Fsp3) is 0.381. The quantitative estimate of drug-likeness (QED) is 0.803. The minimum absolute atomic E-state index is 0.0303. The highest BCUT2D eigenvalue weighted by Crippen LogP contribution is 2.18. The maximum atomic E-state index is 12.0. The van der Waals surface area contributed by atoms with E-state index in [0.29, 0.717) is 18.4 Å². The van der Waals surface area contributed by atoms with E-state index >= 15 is 0 Å². The molecule has 0 radical (unpaired) electrons. The minimum atomic E-state index is -0.0755. The van der Waals surface area contributed by atoms with Crippen molar-refractivity contribution in [2.45, 2.75) is 38.5 Å². The molecule has 5 heteroatoms. The molecule has 2 N–H and O–H groups in total. The highest BCUT2D eigenvalue weighted by Gasteiger charge is 2.19. The Morgan fingerprint density at radius 2 is 1.77 bits per heavy atom. The number of carbonyl (C=O) groups excluding carboxylic acids is 1. The number of nitrogens with one attached hydrogen (secondary N) is 2. The highest BCUT2D eigenvalue weighted by atomic mass is 16.5. The molecule has 0 spiro atoms. The summed E-state index contributed by atoms with van der Waals surface area (Å²) >= 11 is 0. The molecule has 2 atom stereocenters. The van der Waals surface area contributed by atoms with E-state index < -0.39 is 0 Å². The van der Waals surface area contributed by atoms with Gasteiger partial charge in [-0.15, -0.1) is 0 Å². The summed E-state index contributed by atoms with van der Waals surface area (Å²) in [6.45, 7) is 3.63. The lowest BCUT2D eigenvalue weighted by atomic mass is 10.0. The maximum Gasteiger partial charge on any atom is 0.258 e. The van der Waals surface area contributed by atoms with Crippen molar-refractivity contribution < 1.29 is 14.3 Å². The molecule has 1 aliphatic heterocycles. The lowest BCUT2D eigenvalue weighted by Crippen LogP contribution is -2.47. The van der Waals surface area contributed by atoms with Crippen LogP contribution in [0.1, 0.15) is 25.3 Å². The van der Waals surface area contributed by atoms with Crippen LogP contribution in [0, 0.1) is 0 Å². The van der Waals surface area contributed by atoms with Gasteiger partial charge in [0, 0.05) is 12.1 Å². The zero-order chi connectivity index (χ0) is 18.2. The topological polar surface area (TPSA) is 59.6 Å². The van der Waals surface area contributed by atoms with E-state index in [2.05, 4.69) is 17.6 Å². The lowest BCUT2D eigenvalue weighted by molar-refractivity contribution is -0.124.